The standard InChI is InChI=1S/C16H23FN2O/c17-13-5-6-16-12(9-13)10-15(20-16)11-19-8-2-4-14(19)3-1-7-18/h5-6,9,14-15H,1-4,7-8,10-11,18H2. The van der Waals surface area contributed by atoms with Gasteiger partial charge in [-0.15, -0.1) is 0 Å². The molecule has 2 aliphatic rings. The van der Waals surface area contributed by atoms with Crippen LogP contribution in [0.4, 0.5) is 4.39 Å². The van der Waals surface area contributed by atoms with Gasteiger partial charge < -0.3 is 10.5 Å². The van der Waals surface area contributed by atoms with Gasteiger partial charge in [0, 0.05) is 24.6 Å². The maximum atomic E-state index is 13.2. The van der Waals surface area contributed by atoms with Crippen LogP contribution in [0, 0.1) is 5.82 Å². The molecular formula is C16H23FN2O. The van der Waals surface area contributed by atoms with Crippen molar-refractivity contribution in [1.82, 2.24) is 4.90 Å². The second kappa shape index (κ2) is 6.10. The highest BCUT2D eigenvalue weighted by molar-refractivity contribution is 5.37. The van der Waals surface area contributed by atoms with Crippen LogP contribution in [-0.4, -0.2) is 36.7 Å². The van der Waals surface area contributed by atoms with Crippen LogP contribution in [0.3, 0.4) is 0 Å². The molecular weight excluding hydrogens is 255 g/mol. The van der Waals surface area contributed by atoms with E-state index in [2.05, 4.69) is 4.90 Å². The third kappa shape index (κ3) is 2.96. The van der Waals surface area contributed by atoms with E-state index >= 15 is 0 Å². The largest absolute Gasteiger partial charge is 0.488 e. The molecule has 4 heteroatoms. The summed E-state index contributed by atoms with van der Waals surface area (Å²) in [4.78, 5) is 2.53. The zero-order chi connectivity index (χ0) is 13.9. The zero-order valence-corrected chi connectivity index (χ0v) is 11.9. The van der Waals surface area contributed by atoms with E-state index in [1.165, 1.54) is 25.3 Å². The van der Waals surface area contributed by atoms with Gasteiger partial charge in [-0.05, 0) is 57.0 Å². The summed E-state index contributed by atoms with van der Waals surface area (Å²) in [5.41, 5.74) is 6.62. The Morgan fingerprint density at radius 3 is 3.15 bits per heavy atom. The molecule has 0 aromatic heterocycles. The highest BCUT2D eigenvalue weighted by atomic mass is 19.1. The van der Waals surface area contributed by atoms with Crippen molar-refractivity contribution in [2.45, 2.75) is 44.2 Å². The molecule has 0 bridgehead atoms. The zero-order valence-electron chi connectivity index (χ0n) is 11.9. The monoisotopic (exact) mass is 278 g/mol. The molecule has 0 saturated carbocycles. The first-order valence-electron chi connectivity index (χ1n) is 7.65. The fourth-order valence-electron chi connectivity index (χ4n) is 3.47. The summed E-state index contributed by atoms with van der Waals surface area (Å²) in [6.07, 6.45) is 5.82. The van der Waals surface area contributed by atoms with Crippen LogP contribution in [0.15, 0.2) is 18.2 Å². The second-order valence-electron chi connectivity index (χ2n) is 5.92. The Kier molecular flexibility index (Phi) is 4.22. The molecule has 2 aliphatic heterocycles. The molecule has 1 saturated heterocycles. The number of likely N-dealkylation sites (tertiary alicyclic amines) is 1. The van der Waals surface area contributed by atoms with Gasteiger partial charge in [0.2, 0.25) is 0 Å². The highest BCUT2D eigenvalue weighted by Gasteiger charge is 2.30. The van der Waals surface area contributed by atoms with Gasteiger partial charge in [-0.1, -0.05) is 0 Å². The van der Waals surface area contributed by atoms with Crippen molar-refractivity contribution in [2.24, 2.45) is 5.73 Å². The number of hydrogen-bond donors (Lipinski definition) is 1. The number of nitrogens with two attached hydrogens (primary N) is 1. The molecule has 1 aromatic rings. The van der Waals surface area contributed by atoms with Gasteiger partial charge in [-0.25, -0.2) is 4.39 Å². The third-order valence-electron chi connectivity index (χ3n) is 4.44. The summed E-state index contributed by atoms with van der Waals surface area (Å²) in [5, 5.41) is 0. The Morgan fingerprint density at radius 1 is 1.40 bits per heavy atom. The lowest BCUT2D eigenvalue weighted by atomic mass is 10.1. The molecule has 2 N–H and O–H groups in total. The summed E-state index contributed by atoms with van der Waals surface area (Å²) >= 11 is 0. The van der Waals surface area contributed by atoms with Crippen molar-refractivity contribution in [3.05, 3.63) is 29.6 Å². The lowest BCUT2D eigenvalue weighted by Crippen LogP contribution is -2.38. The van der Waals surface area contributed by atoms with Gasteiger partial charge in [0.25, 0.3) is 0 Å². The Labute approximate surface area is 119 Å². The fraction of sp³-hybridized carbons (Fsp3) is 0.625. The third-order valence-corrected chi connectivity index (χ3v) is 4.44. The van der Waals surface area contributed by atoms with Gasteiger partial charge in [-0.3, -0.25) is 4.90 Å². The van der Waals surface area contributed by atoms with E-state index in [1.54, 1.807) is 12.1 Å². The average Bonchev–Trinajstić information content (AvgIpc) is 3.02. The van der Waals surface area contributed by atoms with E-state index in [1.807, 2.05) is 0 Å². The number of halogens is 1. The van der Waals surface area contributed by atoms with E-state index in [0.29, 0.717) is 6.04 Å². The first-order valence-corrected chi connectivity index (χ1v) is 7.65. The smallest absolute Gasteiger partial charge is 0.123 e. The minimum absolute atomic E-state index is 0.171. The lowest BCUT2D eigenvalue weighted by molar-refractivity contribution is 0.137. The number of ether oxygens (including phenoxy) is 1. The van der Waals surface area contributed by atoms with Crippen LogP contribution in [0.25, 0.3) is 0 Å². The number of fused-ring (bicyclic) bond motifs is 1. The van der Waals surface area contributed by atoms with E-state index in [4.69, 9.17) is 10.5 Å². The summed E-state index contributed by atoms with van der Waals surface area (Å²) in [6, 6.07) is 5.48. The van der Waals surface area contributed by atoms with Gasteiger partial charge in [0.1, 0.15) is 17.7 Å². The molecule has 0 radical (unpaired) electrons. The topological polar surface area (TPSA) is 38.5 Å². The van der Waals surface area contributed by atoms with Crippen molar-refractivity contribution in [3.8, 4) is 5.75 Å². The number of rotatable bonds is 5. The quantitative estimate of drug-likeness (QED) is 0.898. The molecule has 0 aliphatic carbocycles. The Balaban J connectivity index is 1.57. The summed E-state index contributed by atoms with van der Waals surface area (Å²) in [7, 11) is 0. The Morgan fingerprint density at radius 2 is 2.30 bits per heavy atom. The van der Waals surface area contributed by atoms with Crippen molar-refractivity contribution < 1.29 is 9.13 Å². The van der Waals surface area contributed by atoms with Gasteiger partial charge >= 0.3 is 0 Å². The number of hydrogen-bond acceptors (Lipinski definition) is 3. The minimum atomic E-state index is -0.171. The van der Waals surface area contributed by atoms with Crippen LogP contribution in [0.2, 0.25) is 0 Å². The van der Waals surface area contributed by atoms with E-state index in [0.717, 1.165) is 43.8 Å². The molecule has 3 rings (SSSR count). The first-order chi connectivity index (χ1) is 9.76. The van der Waals surface area contributed by atoms with Crippen molar-refractivity contribution in [2.75, 3.05) is 19.6 Å². The molecule has 1 aromatic carbocycles. The summed E-state index contributed by atoms with van der Waals surface area (Å²) in [5.74, 6) is 0.684. The van der Waals surface area contributed by atoms with Gasteiger partial charge in [0.05, 0.1) is 0 Å². The van der Waals surface area contributed by atoms with Crippen LogP contribution >= 0.6 is 0 Å². The number of benzene rings is 1. The lowest BCUT2D eigenvalue weighted by Gasteiger charge is -2.26. The SMILES string of the molecule is NCCCC1CCCN1CC1Cc2cc(F)ccc2O1. The normalized spacial score (nSPS) is 25.7. The summed E-state index contributed by atoms with van der Waals surface area (Å²) in [6.45, 7) is 2.88. The maximum absolute atomic E-state index is 13.2. The molecule has 0 spiro atoms. The average molecular weight is 278 g/mol. The minimum Gasteiger partial charge on any atom is -0.488 e. The van der Waals surface area contributed by atoms with E-state index in [-0.39, 0.29) is 11.9 Å². The molecule has 0 amide bonds. The fourth-order valence-corrected chi connectivity index (χ4v) is 3.47. The maximum Gasteiger partial charge on any atom is 0.123 e. The second-order valence-corrected chi connectivity index (χ2v) is 5.92. The molecule has 2 unspecified atom stereocenters. The molecule has 20 heavy (non-hydrogen) atoms. The first kappa shape index (κ1) is 13.8. The van der Waals surface area contributed by atoms with Crippen molar-refractivity contribution >= 4 is 0 Å². The van der Waals surface area contributed by atoms with Crippen LogP contribution in [-0.2, 0) is 6.42 Å². The molecule has 2 atom stereocenters. The highest BCUT2D eigenvalue weighted by Crippen LogP contribution is 2.31. The van der Waals surface area contributed by atoms with Crippen molar-refractivity contribution in [1.29, 1.82) is 0 Å². The predicted molar refractivity (Wildman–Crippen MR) is 77.4 cm³/mol. The molecule has 1 fully saturated rings. The van der Waals surface area contributed by atoms with Crippen molar-refractivity contribution in [3.63, 3.8) is 0 Å². The molecule has 3 nitrogen and oxygen atoms in total. The Hall–Kier alpha value is -1.13. The predicted octanol–water partition coefficient (Wildman–Crippen LogP) is 2.33. The number of nitrogens with zero attached hydrogens (tertiary/aromatic N) is 1. The molecule has 2 heterocycles. The van der Waals surface area contributed by atoms with E-state index in [9.17, 15) is 4.39 Å². The molecule has 110 valence electrons. The summed E-state index contributed by atoms with van der Waals surface area (Å²) < 4.78 is 19.2. The van der Waals surface area contributed by atoms with E-state index < -0.39 is 0 Å². The van der Waals surface area contributed by atoms with Crippen LogP contribution in [0.5, 0.6) is 5.75 Å². The van der Waals surface area contributed by atoms with Crippen LogP contribution < -0.4 is 10.5 Å². The Bertz CT molecular complexity index is 466. The van der Waals surface area contributed by atoms with Crippen LogP contribution in [0.1, 0.15) is 31.2 Å². The van der Waals surface area contributed by atoms with Gasteiger partial charge in [-0.2, -0.15) is 0 Å². The van der Waals surface area contributed by atoms with Gasteiger partial charge in [0.15, 0.2) is 0 Å².